The zero-order valence-electron chi connectivity index (χ0n) is 7.92. The highest BCUT2D eigenvalue weighted by molar-refractivity contribution is 5.93. The Hall–Kier alpha value is -1.05. The normalized spacial score (nSPS) is 16.6. The molecule has 0 aromatic carbocycles. The summed E-state index contributed by atoms with van der Waals surface area (Å²) in [4.78, 5) is 13.1. The first kappa shape index (κ1) is 9.04. The van der Waals surface area contributed by atoms with Crippen LogP contribution in [0.3, 0.4) is 0 Å². The lowest BCUT2D eigenvalue weighted by molar-refractivity contribution is -0.124. The first-order valence-corrected chi connectivity index (χ1v) is 4.19. The van der Waals surface area contributed by atoms with Gasteiger partial charge in [0.2, 0.25) is 5.91 Å². The molecular weight excluding hydrogens is 150 g/mol. The van der Waals surface area contributed by atoms with Crippen LogP contribution in [-0.4, -0.2) is 24.9 Å². The van der Waals surface area contributed by atoms with Gasteiger partial charge in [0.05, 0.1) is 0 Å². The number of nitrogens with zero attached hydrogens (tertiary/aromatic N) is 1. The molecule has 0 saturated heterocycles. The molecular formula is C10H15NO. The largest absolute Gasteiger partial charge is 0.345 e. The Balaban J connectivity index is 2.72. The highest BCUT2D eigenvalue weighted by Gasteiger charge is 2.12. The molecule has 2 heteroatoms. The van der Waals surface area contributed by atoms with Crippen LogP contribution in [0.15, 0.2) is 23.3 Å². The van der Waals surface area contributed by atoms with Gasteiger partial charge in [0.1, 0.15) is 0 Å². The minimum absolute atomic E-state index is 0.138. The van der Waals surface area contributed by atoms with Crippen molar-refractivity contribution in [2.45, 2.75) is 19.8 Å². The third kappa shape index (κ3) is 1.97. The predicted molar refractivity (Wildman–Crippen MR) is 49.8 cm³/mol. The van der Waals surface area contributed by atoms with E-state index < -0.39 is 0 Å². The van der Waals surface area contributed by atoms with Crippen LogP contribution >= 0.6 is 0 Å². The van der Waals surface area contributed by atoms with Crippen molar-refractivity contribution in [1.82, 2.24) is 4.90 Å². The fraction of sp³-hybridized carbons (Fsp3) is 0.500. The molecule has 0 unspecified atom stereocenters. The lowest BCUT2D eigenvalue weighted by Gasteiger charge is -2.15. The van der Waals surface area contributed by atoms with Crippen LogP contribution in [0, 0.1) is 0 Å². The maximum absolute atomic E-state index is 11.4. The highest BCUT2D eigenvalue weighted by atomic mass is 16.2. The summed E-state index contributed by atoms with van der Waals surface area (Å²) >= 11 is 0. The van der Waals surface area contributed by atoms with Crippen molar-refractivity contribution in [3.63, 3.8) is 0 Å². The summed E-state index contributed by atoms with van der Waals surface area (Å²) in [5, 5.41) is 0. The number of likely N-dealkylation sites (N-methyl/N-ethyl adjacent to an activating group) is 1. The maximum Gasteiger partial charge on any atom is 0.249 e. The molecule has 0 aromatic heterocycles. The van der Waals surface area contributed by atoms with Gasteiger partial charge in [-0.15, -0.1) is 0 Å². The smallest absolute Gasteiger partial charge is 0.249 e. The standard InChI is InChI=1S/C10H15NO/c1-8-4-6-9(7-5-8)10(12)11(2)3/h4,6H,5,7H2,1-3H3. The van der Waals surface area contributed by atoms with Crippen molar-refractivity contribution in [3.05, 3.63) is 23.3 Å². The summed E-state index contributed by atoms with van der Waals surface area (Å²) < 4.78 is 0. The average Bonchev–Trinajstić information content (AvgIpc) is 2.04. The minimum Gasteiger partial charge on any atom is -0.345 e. The van der Waals surface area contributed by atoms with E-state index >= 15 is 0 Å². The van der Waals surface area contributed by atoms with E-state index in [1.54, 1.807) is 19.0 Å². The zero-order chi connectivity index (χ0) is 9.14. The van der Waals surface area contributed by atoms with Gasteiger partial charge in [0.15, 0.2) is 0 Å². The first-order valence-electron chi connectivity index (χ1n) is 4.19. The van der Waals surface area contributed by atoms with E-state index in [0.29, 0.717) is 0 Å². The monoisotopic (exact) mass is 165 g/mol. The number of carbonyl (C=O) groups is 1. The highest BCUT2D eigenvalue weighted by Crippen LogP contribution is 2.18. The second-order valence-corrected chi connectivity index (χ2v) is 3.40. The summed E-state index contributed by atoms with van der Waals surface area (Å²) in [5.74, 6) is 0.138. The van der Waals surface area contributed by atoms with Crippen LogP contribution in [0.5, 0.6) is 0 Å². The summed E-state index contributed by atoms with van der Waals surface area (Å²) in [6.07, 6.45) is 5.87. The second-order valence-electron chi connectivity index (χ2n) is 3.40. The fourth-order valence-electron chi connectivity index (χ4n) is 1.21. The Kier molecular flexibility index (Phi) is 2.69. The molecule has 0 saturated carbocycles. The number of carbonyl (C=O) groups excluding carboxylic acids is 1. The Morgan fingerprint density at radius 3 is 2.42 bits per heavy atom. The van der Waals surface area contributed by atoms with Gasteiger partial charge in [-0.25, -0.2) is 0 Å². The molecule has 2 nitrogen and oxygen atoms in total. The predicted octanol–water partition coefficient (Wildman–Crippen LogP) is 1.74. The van der Waals surface area contributed by atoms with Crippen molar-refractivity contribution in [1.29, 1.82) is 0 Å². The molecule has 0 fully saturated rings. The molecule has 66 valence electrons. The van der Waals surface area contributed by atoms with E-state index in [2.05, 4.69) is 6.92 Å². The SMILES string of the molecule is CC1=CC=C(C(=O)N(C)C)CC1. The molecule has 1 amide bonds. The van der Waals surface area contributed by atoms with E-state index in [0.717, 1.165) is 18.4 Å². The lowest BCUT2D eigenvalue weighted by Crippen LogP contribution is -2.24. The van der Waals surface area contributed by atoms with Crippen LogP contribution in [0.4, 0.5) is 0 Å². The van der Waals surface area contributed by atoms with Crippen LogP contribution in [0.25, 0.3) is 0 Å². The molecule has 0 N–H and O–H groups in total. The first-order chi connectivity index (χ1) is 5.61. The van der Waals surface area contributed by atoms with E-state index in [1.807, 2.05) is 12.2 Å². The van der Waals surface area contributed by atoms with E-state index in [1.165, 1.54) is 5.57 Å². The lowest BCUT2D eigenvalue weighted by atomic mass is 9.99. The van der Waals surface area contributed by atoms with Crippen molar-refractivity contribution >= 4 is 5.91 Å². The van der Waals surface area contributed by atoms with Gasteiger partial charge in [-0.2, -0.15) is 0 Å². The third-order valence-electron chi connectivity index (χ3n) is 2.04. The topological polar surface area (TPSA) is 20.3 Å². The molecule has 0 atom stereocenters. The number of hydrogen-bond donors (Lipinski definition) is 0. The van der Waals surface area contributed by atoms with Crippen LogP contribution in [-0.2, 0) is 4.79 Å². The molecule has 1 rings (SSSR count). The summed E-state index contributed by atoms with van der Waals surface area (Å²) in [6.45, 7) is 2.09. The Morgan fingerprint density at radius 2 is 2.00 bits per heavy atom. The number of allylic oxidation sites excluding steroid dienone is 3. The summed E-state index contributed by atoms with van der Waals surface area (Å²) in [6, 6.07) is 0. The van der Waals surface area contributed by atoms with Gasteiger partial charge in [0, 0.05) is 19.7 Å². The maximum atomic E-state index is 11.4. The third-order valence-corrected chi connectivity index (χ3v) is 2.04. The van der Waals surface area contributed by atoms with Crippen molar-refractivity contribution < 1.29 is 4.79 Å². The van der Waals surface area contributed by atoms with E-state index in [-0.39, 0.29) is 5.91 Å². The van der Waals surface area contributed by atoms with Crippen LogP contribution in [0.2, 0.25) is 0 Å². The van der Waals surface area contributed by atoms with Crippen LogP contribution in [0.1, 0.15) is 19.8 Å². The molecule has 12 heavy (non-hydrogen) atoms. The molecule has 0 bridgehead atoms. The zero-order valence-corrected chi connectivity index (χ0v) is 7.92. The molecule has 1 aliphatic rings. The Labute approximate surface area is 73.6 Å². The fourth-order valence-corrected chi connectivity index (χ4v) is 1.21. The number of rotatable bonds is 1. The Bertz CT molecular complexity index is 249. The Morgan fingerprint density at radius 1 is 1.33 bits per heavy atom. The van der Waals surface area contributed by atoms with Gasteiger partial charge < -0.3 is 4.90 Å². The van der Waals surface area contributed by atoms with Crippen LogP contribution < -0.4 is 0 Å². The average molecular weight is 165 g/mol. The van der Waals surface area contributed by atoms with Crippen molar-refractivity contribution in [2.75, 3.05) is 14.1 Å². The van der Waals surface area contributed by atoms with Gasteiger partial charge in [-0.1, -0.05) is 17.7 Å². The second kappa shape index (κ2) is 3.57. The van der Waals surface area contributed by atoms with Gasteiger partial charge in [-0.3, -0.25) is 4.79 Å². The molecule has 0 radical (unpaired) electrons. The molecule has 1 aliphatic carbocycles. The van der Waals surface area contributed by atoms with Gasteiger partial charge >= 0.3 is 0 Å². The van der Waals surface area contributed by atoms with Crippen molar-refractivity contribution in [3.8, 4) is 0 Å². The molecule has 0 aromatic rings. The van der Waals surface area contributed by atoms with Gasteiger partial charge in [0.25, 0.3) is 0 Å². The quantitative estimate of drug-likeness (QED) is 0.579. The van der Waals surface area contributed by atoms with E-state index in [9.17, 15) is 4.79 Å². The summed E-state index contributed by atoms with van der Waals surface area (Å²) in [5.41, 5.74) is 2.27. The van der Waals surface area contributed by atoms with Gasteiger partial charge in [-0.05, 0) is 19.8 Å². The molecule has 0 heterocycles. The van der Waals surface area contributed by atoms with E-state index in [4.69, 9.17) is 0 Å². The summed E-state index contributed by atoms with van der Waals surface area (Å²) in [7, 11) is 3.57. The van der Waals surface area contributed by atoms with Crippen molar-refractivity contribution in [2.24, 2.45) is 0 Å². The molecule has 0 aliphatic heterocycles. The number of amides is 1. The number of hydrogen-bond acceptors (Lipinski definition) is 1. The minimum atomic E-state index is 0.138. The molecule has 0 spiro atoms.